The van der Waals surface area contributed by atoms with E-state index in [2.05, 4.69) is 10.3 Å². The molecule has 102 valence electrons. The van der Waals surface area contributed by atoms with Crippen molar-refractivity contribution in [3.05, 3.63) is 27.9 Å². The molecule has 1 aliphatic heterocycles. The first-order valence-corrected chi connectivity index (χ1v) is 5.65. The normalized spacial score (nSPS) is 22.2. The molecule has 0 aromatic carbocycles. The Kier molecular flexibility index (Phi) is 3.34. The van der Waals surface area contributed by atoms with Gasteiger partial charge in [-0.25, -0.2) is 4.79 Å². The Morgan fingerprint density at radius 1 is 1.68 bits per heavy atom. The van der Waals surface area contributed by atoms with Gasteiger partial charge in [-0.15, -0.1) is 0 Å². The molecule has 1 unspecified atom stereocenters. The Balaban J connectivity index is 2.34. The number of carbonyl (C=O) groups is 1. The molecular weight excluding hydrogens is 254 g/mol. The van der Waals surface area contributed by atoms with Crippen LogP contribution in [0.5, 0.6) is 0 Å². The Morgan fingerprint density at radius 3 is 2.95 bits per heavy atom. The molecule has 1 aromatic rings. The van der Waals surface area contributed by atoms with Crippen molar-refractivity contribution in [3.8, 4) is 0 Å². The number of aromatic carboxylic acids is 1. The monoisotopic (exact) mass is 267 g/mol. The Bertz CT molecular complexity index is 525. The maximum Gasteiger partial charge on any atom is 0.364 e. The molecule has 0 amide bonds. The van der Waals surface area contributed by atoms with E-state index >= 15 is 0 Å². The summed E-state index contributed by atoms with van der Waals surface area (Å²) in [6.45, 7) is 2.93. The van der Waals surface area contributed by atoms with E-state index in [-0.39, 0.29) is 16.8 Å². The zero-order valence-corrected chi connectivity index (χ0v) is 10.3. The van der Waals surface area contributed by atoms with Gasteiger partial charge in [0.05, 0.1) is 29.5 Å². The van der Waals surface area contributed by atoms with Crippen LogP contribution in [0.4, 0.5) is 11.5 Å². The second-order valence-corrected chi connectivity index (χ2v) is 4.64. The molecule has 8 heteroatoms. The van der Waals surface area contributed by atoms with Crippen molar-refractivity contribution < 1.29 is 19.6 Å². The van der Waals surface area contributed by atoms with E-state index < -0.39 is 16.7 Å². The summed E-state index contributed by atoms with van der Waals surface area (Å²) < 4.78 is 5.26. The van der Waals surface area contributed by atoms with Crippen LogP contribution in [0.1, 0.15) is 23.7 Å². The maximum absolute atomic E-state index is 11.2. The molecule has 2 N–H and O–H groups in total. The number of hydrogen-bond acceptors (Lipinski definition) is 6. The highest BCUT2D eigenvalue weighted by atomic mass is 16.6. The van der Waals surface area contributed by atoms with E-state index in [9.17, 15) is 14.9 Å². The lowest BCUT2D eigenvalue weighted by molar-refractivity contribution is -0.389. The smallest absolute Gasteiger partial charge is 0.364 e. The van der Waals surface area contributed by atoms with E-state index in [0.29, 0.717) is 13.2 Å². The van der Waals surface area contributed by atoms with Gasteiger partial charge in [0.1, 0.15) is 0 Å². The van der Waals surface area contributed by atoms with Crippen LogP contribution in [0.25, 0.3) is 0 Å². The van der Waals surface area contributed by atoms with Gasteiger partial charge in [-0.2, -0.15) is 0 Å². The molecule has 1 saturated heterocycles. The molecule has 1 aliphatic rings. The summed E-state index contributed by atoms with van der Waals surface area (Å²) in [4.78, 5) is 24.7. The van der Waals surface area contributed by atoms with Gasteiger partial charge < -0.3 is 25.3 Å². The first kappa shape index (κ1) is 13.2. The van der Waals surface area contributed by atoms with E-state index in [0.717, 1.165) is 12.5 Å². The number of rotatable bonds is 4. The minimum Gasteiger partial charge on any atom is -0.478 e. The second kappa shape index (κ2) is 4.81. The van der Waals surface area contributed by atoms with E-state index in [1.807, 2.05) is 6.92 Å². The molecule has 2 heterocycles. The predicted molar refractivity (Wildman–Crippen MR) is 65.3 cm³/mol. The summed E-state index contributed by atoms with van der Waals surface area (Å²) in [5.41, 5.74) is -0.303. The van der Waals surface area contributed by atoms with Crippen LogP contribution in [0.15, 0.2) is 12.3 Å². The molecule has 19 heavy (non-hydrogen) atoms. The molecule has 1 fully saturated rings. The lowest BCUT2D eigenvalue weighted by atomic mass is 10.0. The predicted octanol–water partition coefficient (Wildman–Crippen LogP) is 1.28. The first-order valence-electron chi connectivity index (χ1n) is 5.65. The van der Waals surface area contributed by atoms with Gasteiger partial charge in [0, 0.05) is 6.61 Å². The first-order chi connectivity index (χ1) is 8.91. The third kappa shape index (κ3) is 2.79. The van der Waals surface area contributed by atoms with E-state index in [1.54, 1.807) is 0 Å². The number of nitrogens with zero attached hydrogens (tertiary/aromatic N) is 2. The summed E-state index contributed by atoms with van der Waals surface area (Å²) in [5.74, 6) is -1.73. The second-order valence-electron chi connectivity index (χ2n) is 4.64. The lowest BCUT2D eigenvalue weighted by Crippen LogP contribution is -2.35. The van der Waals surface area contributed by atoms with Crippen LogP contribution < -0.4 is 5.32 Å². The molecule has 1 aromatic heterocycles. The fourth-order valence-electron chi connectivity index (χ4n) is 1.91. The number of anilines is 1. The van der Waals surface area contributed by atoms with Crippen LogP contribution in [0.3, 0.4) is 0 Å². The fraction of sp³-hybridized carbons (Fsp3) is 0.455. The summed E-state index contributed by atoms with van der Waals surface area (Å²) in [7, 11) is 0. The van der Waals surface area contributed by atoms with Gasteiger partial charge in [0.25, 0.3) is 0 Å². The van der Waals surface area contributed by atoms with Crippen molar-refractivity contribution in [1.82, 2.24) is 4.98 Å². The molecule has 1 atom stereocenters. The minimum atomic E-state index is -1.24. The molecule has 8 nitrogen and oxygen atoms in total. The highest BCUT2D eigenvalue weighted by molar-refractivity contribution is 5.94. The number of carboxylic acid groups (broad SMARTS) is 1. The molecular formula is C11H13N3O5. The zero-order chi connectivity index (χ0) is 14.0. The summed E-state index contributed by atoms with van der Waals surface area (Å²) in [5, 5.41) is 22.8. The highest BCUT2D eigenvalue weighted by Crippen LogP contribution is 2.27. The van der Waals surface area contributed by atoms with E-state index in [4.69, 9.17) is 9.84 Å². The maximum atomic E-state index is 11.2. The summed E-state index contributed by atoms with van der Waals surface area (Å²) >= 11 is 0. The number of aromatic nitrogens is 1. The van der Waals surface area contributed by atoms with Gasteiger partial charge >= 0.3 is 11.8 Å². The van der Waals surface area contributed by atoms with Crippen LogP contribution in [0, 0.1) is 10.1 Å². The van der Waals surface area contributed by atoms with Gasteiger partial charge in [-0.3, -0.25) is 0 Å². The quantitative estimate of drug-likeness (QED) is 0.623. The number of carboxylic acids is 1. The molecule has 2 rings (SSSR count). The third-order valence-electron chi connectivity index (χ3n) is 2.96. The van der Waals surface area contributed by atoms with Crippen molar-refractivity contribution >= 4 is 17.5 Å². The van der Waals surface area contributed by atoms with Crippen molar-refractivity contribution in [2.75, 3.05) is 18.5 Å². The molecule has 0 radical (unpaired) electrons. The van der Waals surface area contributed by atoms with Crippen molar-refractivity contribution in [2.45, 2.75) is 18.9 Å². The Hall–Kier alpha value is -2.22. The van der Waals surface area contributed by atoms with Crippen LogP contribution in [-0.2, 0) is 4.74 Å². The summed E-state index contributed by atoms with van der Waals surface area (Å²) in [6.07, 6.45) is 1.90. The standard InChI is InChI=1S/C11H13N3O5/c1-11(2-3-19-6-11)13-8-5-12-9(14(17)18)4-7(8)10(15)16/h4-5,13H,2-3,6H2,1H3,(H,15,16). The van der Waals surface area contributed by atoms with E-state index in [1.165, 1.54) is 6.20 Å². The number of hydrogen-bond donors (Lipinski definition) is 2. The third-order valence-corrected chi connectivity index (χ3v) is 2.96. The van der Waals surface area contributed by atoms with Crippen molar-refractivity contribution in [2.24, 2.45) is 0 Å². The van der Waals surface area contributed by atoms with Crippen LogP contribution in [-0.4, -0.2) is 39.7 Å². The van der Waals surface area contributed by atoms with Gasteiger partial charge in [-0.1, -0.05) is 0 Å². The topological polar surface area (TPSA) is 115 Å². The molecule has 0 spiro atoms. The highest BCUT2D eigenvalue weighted by Gasteiger charge is 2.31. The fourth-order valence-corrected chi connectivity index (χ4v) is 1.91. The number of pyridine rings is 1. The average Bonchev–Trinajstić information content (AvgIpc) is 2.75. The molecule has 0 aliphatic carbocycles. The van der Waals surface area contributed by atoms with Crippen LogP contribution in [0.2, 0.25) is 0 Å². The summed E-state index contributed by atoms with van der Waals surface area (Å²) in [6, 6.07) is 0.948. The SMILES string of the molecule is CC1(Nc2cnc([N+](=O)[O-])cc2C(=O)O)CCOC1. The minimum absolute atomic E-state index is 0.171. The number of ether oxygens (including phenoxy) is 1. The van der Waals surface area contributed by atoms with Gasteiger partial charge in [-0.05, 0) is 23.3 Å². The van der Waals surface area contributed by atoms with Gasteiger partial charge in [0.15, 0.2) is 6.20 Å². The van der Waals surface area contributed by atoms with Crippen molar-refractivity contribution in [1.29, 1.82) is 0 Å². The molecule has 0 saturated carbocycles. The molecule has 0 bridgehead atoms. The van der Waals surface area contributed by atoms with Crippen molar-refractivity contribution in [3.63, 3.8) is 0 Å². The van der Waals surface area contributed by atoms with Crippen LogP contribution >= 0.6 is 0 Å². The Labute approximate surface area is 108 Å². The number of nitro groups is 1. The number of nitrogens with one attached hydrogen (secondary N) is 1. The Morgan fingerprint density at radius 2 is 2.42 bits per heavy atom. The lowest BCUT2D eigenvalue weighted by Gasteiger charge is -2.24. The average molecular weight is 267 g/mol. The van der Waals surface area contributed by atoms with Gasteiger partial charge in [0.2, 0.25) is 0 Å². The zero-order valence-electron chi connectivity index (χ0n) is 10.3. The largest absolute Gasteiger partial charge is 0.478 e.